The van der Waals surface area contributed by atoms with E-state index in [1.54, 1.807) is 0 Å². The first-order chi connectivity index (χ1) is 6.07. The highest BCUT2D eigenvalue weighted by Crippen LogP contribution is 2.19. The van der Waals surface area contributed by atoms with E-state index in [2.05, 4.69) is 55.8 Å². The standard InChI is InChI=1S/C12H16N/c1-12(2,3)13-8-10-6-4-5-7-11(10)9-13/h4-8H,9H2,1-3H3/q+1. The van der Waals surface area contributed by atoms with Crippen LogP contribution in [0.4, 0.5) is 0 Å². The molecule has 0 aliphatic carbocycles. The summed E-state index contributed by atoms with van der Waals surface area (Å²) in [6, 6.07) is 8.60. The molecule has 0 radical (unpaired) electrons. The molecule has 1 nitrogen and oxygen atoms in total. The van der Waals surface area contributed by atoms with Gasteiger partial charge in [-0.25, -0.2) is 4.58 Å². The Balaban J connectivity index is 2.37. The lowest BCUT2D eigenvalue weighted by molar-refractivity contribution is -0.603. The zero-order chi connectivity index (χ0) is 9.47. The molecule has 0 bridgehead atoms. The highest BCUT2D eigenvalue weighted by atomic mass is 15.1. The normalized spacial score (nSPS) is 15.5. The Labute approximate surface area is 79.7 Å². The predicted molar refractivity (Wildman–Crippen MR) is 55.3 cm³/mol. The summed E-state index contributed by atoms with van der Waals surface area (Å²) >= 11 is 0. The third kappa shape index (κ3) is 1.51. The van der Waals surface area contributed by atoms with Gasteiger partial charge < -0.3 is 0 Å². The first-order valence-corrected chi connectivity index (χ1v) is 4.77. The Hall–Kier alpha value is -1.11. The van der Waals surface area contributed by atoms with Gasteiger partial charge in [0, 0.05) is 11.1 Å². The molecule has 13 heavy (non-hydrogen) atoms. The number of benzene rings is 1. The smallest absolute Gasteiger partial charge is 0.171 e. The van der Waals surface area contributed by atoms with Crippen molar-refractivity contribution in [3.8, 4) is 0 Å². The van der Waals surface area contributed by atoms with Gasteiger partial charge in [-0.05, 0) is 26.8 Å². The molecule has 68 valence electrons. The van der Waals surface area contributed by atoms with Gasteiger partial charge in [0.25, 0.3) is 0 Å². The zero-order valence-electron chi connectivity index (χ0n) is 8.54. The molecule has 1 heteroatoms. The average Bonchev–Trinajstić information content (AvgIpc) is 2.45. The lowest BCUT2D eigenvalue weighted by Gasteiger charge is -2.14. The van der Waals surface area contributed by atoms with Crippen LogP contribution >= 0.6 is 0 Å². The summed E-state index contributed by atoms with van der Waals surface area (Å²) in [4.78, 5) is 0. The Bertz CT molecular complexity index is 356. The summed E-state index contributed by atoms with van der Waals surface area (Å²) in [6.07, 6.45) is 2.26. The highest BCUT2D eigenvalue weighted by Gasteiger charge is 2.28. The average molecular weight is 174 g/mol. The lowest BCUT2D eigenvalue weighted by Crippen LogP contribution is -2.30. The molecule has 1 aromatic carbocycles. The van der Waals surface area contributed by atoms with Crippen molar-refractivity contribution in [1.82, 2.24) is 0 Å². The van der Waals surface area contributed by atoms with E-state index in [1.807, 2.05) is 0 Å². The Morgan fingerprint density at radius 2 is 1.85 bits per heavy atom. The van der Waals surface area contributed by atoms with Crippen LogP contribution in [0.2, 0.25) is 0 Å². The van der Waals surface area contributed by atoms with Gasteiger partial charge in [-0.15, -0.1) is 0 Å². The summed E-state index contributed by atoms with van der Waals surface area (Å²) in [5.41, 5.74) is 3.05. The van der Waals surface area contributed by atoms with E-state index in [4.69, 9.17) is 0 Å². The summed E-state index contributed by atoms with van der Waals surface area (Å²) in [7, 11) is 0. The van der Waals surface area contributed by atoms with Crippen LogP contribution in [0, 0.1) is 0 Å². The molecule has 1 aliphatic rings. The number of rotatable bonds is 0. The van der Waals surface area contributed by atoms with Crippen LogP contribution in [0.5, 0.6) is 0 Å². The van der Waals surface area contributed by atoms with Crippen LogP contribution in [0.1, 0.15) is 31.9 Å². The third-order valence-electron chi connectivity index (χ3n) is 2.55. The summed E-state index contributed by atoms with van der Waals surface area (Å²) in [5.74, 6) is 0. The van der Waals surface area contributed by atoms with Gasteiger partial charge in [0.1, 0.15) is 0 Å². The van der Waals surface area contributed by atoms with Crippen molar-refractivity contribution in [2.45, 2.75) is 32.9 Å². The minimum atomic E-state index is 0.235. The van der Waals surface area contributed by atoms with E-state index in [9.17, 15) is 0 Å². The fraction of sp³-hybridized carbons (Fsp3) is 0.417. The van der Waals surface area contributed by atoms with Gasteiger partial charge in [0.05, 0.1) is 0 Å². The maximum atomic E-state index is 2.39. The molecule has 0 saturated carbocycles. The summed E-state index contributed by atoms with van der Waals surface area (Å²) < 4.78 is 2.39. The van der Waals surface area contributed by atoms with Gasteiger partial charge >= 0.3 is 0 Å². The predicted octanol–water partition coefficient (Wildman–Crippen LogP) is 2.43. The summed E-state index contributed by atoms with van der Waals surface area (Å²) in [5, 5.41) is 0. The first-order valence-electron chi connectivity index (χ1n) is 4.77. The number of fused-ring (bicyclic) bond motifs is 1. The molecule has 0 atom stereocenters. The van der Waals surface area contributed by atoms with Crippen molar-refractivity contribution in [2.24, 2.45) is 0 Å². The van der Waals surface area contributed by atoms with Crippen molar-refractivity contribution >= 4 is 6.21 Å². The fourth-order valence-corrected chi connectivity index (χ4v) is 1.63. The van der Waals surface area contributed by atoms with E-state index in [-0.39, 0.29) is 5.54 Å². The maximum absolute atomic E-state index is 2.39. The van der Waals surface area contributed by atoms with E-state index >= 15 is 0 Å². The number of hydrogen-bond donors (Lipinski definition) is 0. The molecular formula is C12H16N+. The maximum Gasteiger partial charge on any atom is 0.171 e. The topological polar surface area (TPSA) is 3.01 Å². The zero-order valence-corrected chi connectivity index (χ0v) is 8.54. The van der Waals surface area contributed by atoms with Crippen LogP contribution in [-0.2, 0) is 6.54 Å². The number of nitrogens with zero attached hydrogens (tertiary/aromatic N) is 1. The molecule has 1 heterocycles. The molecule has 1 aromatic rings. The molecule has 0 amide bonds. The first kappa shape index (κ1) is 8.49. The van der Waals surface area contributed by atoms with Crippen LogP contribution in [0.3, 0.4) is 0 Å². The summed E-state index contributed by atoms with van der Waals surface area (Å²) in [6.45, 7) is 7.79. The molecule has 2 rings (SSSR count). The van der Waals surface area contributed by atoms with E-state index < -0.39 is 0 Å². The van der Waals surface area contributed by atoms with Crippen molar-refractivity contribution in [1.29, 1.82) is 0 Å². The molecule has 0 saturated heterocycles. The van der Waals surface area contributed by atoms with Crippen molar-refractivity contribution in [3.05, 3.63) is 35.4 Å². The van der Waals surface area contributed by atoms with Gasteiger partial charge in [-0.2, -0.15) is 0 Å². The second-order valence-corrected chi connectivity index (χ2v) is 4.63. The molecule has 0 spiro atoms. The van der Waals surface area contributed by atoms with Gasteiger partial charge in [0.2, 0.25) is 0 Å². The largest absolute Gasteiger partial charge is 0.227 e. The van der Waals surface area contributed by atoms with Crippen LogP contribution in [0.25, 0.3) is 0 Å². The quantitative estimate of drug-likeness (QED) is 0.531. The van der Waals surface area contributed by atoms with Crippen LogP contribution in [0.15, 0.2) is 24.3 Å². The molecule has 1 aliphatic heterocycles. The van der Waals surface area contributed by atoms with E-state index in [1.165, 1.54) is 11.1 Å². The van der Waals surface area contributed by atoms with Gasteiger partial charge in [-0.1, -0.05) is 18.2 Å². The second kappa shape index (κ2) is 2.69. The minimum absolute atomic E-state index is 0.235. The van der Waals surface area contributed by atoms with E-state index in [0.29, 0.717) is 0 Å². The van der Waals surface area contributed by atoms with Crippen molar-refractivity contribution in [2.75, 3.05) is 0 Å². The minimum Gasteiger partial charge on any atom is -0.227 e. The lowest BCUT2D eigenvalue weighted by atomic mass is 10.1. The van der Waals surface area contributed by atoms with Crippen molar-refractivity contribution in [3.63, 3.8) is 0 Å². The Morgan fingerprint density at radius 1 is 1.15 bits per heavy atom. The Kier molecular flexibility index (Phi) is 1.76. The number of hydrogen-bond acceptors (Lipinski definition) is 0. The monoisotopic (exact) mass is 174 g/mol. The highest BCUT2D eigenvalue weighted by molar-refractivity contribution is 5.79. The van der Waals surface area contributed by atoms with Gasteiger partial charge in [-0.3, -0.25) is 0 Å². The van der Waals surface area contributed by atoms with Crippen LogP contribution in [-0.4, -0.2) is 16.3 Å². The molecule has 0 unspecified atom stereocenters. The van der Waals surface area contributed by atoms with Crippen molar-refractivity contribution < 1.29 is 4.58 Å². The Morgan fingerprint density at radius 3 is 2.46 bits per heavy atom. The molecule has 0 aromatic heterocycles. The molecule has 0 N–H and O–H groups in total. The fourth-order valence-electron chi connectivity index (χ4n) is 1.63. The SMILES string of the molecule is CC(C)(C)[N+]1=Cc2ccccc2C1. The second-order valence-electron chi connectivity index (χ2n) is 4.63. The molecular weight excluding hydrogens is 158 g/mol. The van der Waals surface area contributed by atoms with Gasteiger partial charge in [0.15, 0.2) is 18.3 Å². The molecule has 0 fully saturated rings. The third-order valence-corrected chi connectivity index (χ3v) is 2.55. The van der Waals surface area contributed by atoms with E-state index in [0.717, 1.165) is 6.54 Å². The van der Waals surface area contributed by atoms with Crippen LogP contribution < -0.4 is 0 Å².